The zero-order chi connectivity index (χ0) is 19.0. The number of fused-ring (bicyclic) bond motifs is 1. The molecule has 1 aliphatic rings. The highest BCUT2D eigenvalue weighted by molar-refractivity contribution is 7.21. The number of anilines is 2. The Morgan fingerprint density at radius 1 is 1.52 bits per heavy atom. The monoisotopic (exact) mass is 382 g/mol. The number of H-pyrrole nitrogens is 1. The molecule has 0 amide bonds. The number of aryl methyl sites for hydroxylation is 1. The normalized spacial score (nSPS) is 16.8. The second kappa shape index (κ2) is 7.17. The molecule has 27 heavy (non-hydrogen) atoms. The maximum absolute atomic E-state index is 12.6. The van der Waals surface area contributed by atoms with E-state index < -0.39 is 0 Å². The number of aromatic amines is 1. The van der Waals surface area contributed by atoms with E-state index >= 15 is 0 Å². The molecule has 1 aromatic carbocycles. The Balaban J connectivity index is 1.85. The third-order valence-corrected chi connectivity index (χ3v) is 6.35. The molecule has 6 nitrogen and oxygen atoms in total. The second-order valence-corrected chi connectivity index (χ2v) is 7.85. The number of aliphatic hydroxyl groups excluding tert-OH is 1. The predicted octanol–water partition coefficient (Wildman–Crippen LogP) is 3.33. The van der Waals surface area contributed by atoms with E-state index in [0.29, 0.717) is 5.39 Å². The van der Waals surface area contributed by atoms with Gasteiger partial charge in [-0.1, -0.05) is 12.6 Å². The van der Waals surface area contributed by atoms with Gasteiger partial charge in [0.15, 0.2) is 0 Å². The second-order valence-electron chi connectivity index (χ2n) is 6.85. The van der Waals surface area contributed by atoms with Crippen LogP contribution in [-0.4, -0.2) is 34.8 Å². The molecule has 3 N–H and O–H groups in total. The summed E-state index contributed by atoms with van der Waals surface area (Å²) in [4.78, 5) is 23.0. The van der Waals surface area contributed by atoms with Crippen LogP contribution < -0.4 is 15.8 Å². The Hall–Kier alpha value is -2.64. The third-order valence-electron chi connectivity index (χ3n) is 5.06. The van der Waals surface area contributed by atoms with Crippen LogP contribution in [0.25, 0.3) is 21.3 Å². The molecule has 0 spiro atoms. The molecule has 1 atom stereocenters. The van der Waals surface area contributed by atoms with Crippen molar-refractivity contribution in [3.8, 4) is 10.4 Å². The van der Waals surface area contributed by atoms with Crippen LogP contribution >= 0.6 is 11.3 Å². The van der Waals surface area contributed by atoms with E-state index in [-0.39, 0.29) is 18.1 Å². The van der Waals surface area contributed by atoms with Gasteiger partial charge < -0.3 is 20.3 Å². The summed E-state index contributed by atoms with van der Waals surface area (Å²) in [7, 11) is 0. The lowest BCUT2D eigenvalue weighted by Crippen LogP contribution is -2.21. The van der Waals surface area contributed by atoms with Gasteiger partial charge in [-0.3, -0.25) is 4.79 Å². The molecular weight excluding hydrogens is 360 g/mol. The van der Waals surface area contributed by atoms with Gasteiger partial charge >= 0.3 is 0 Å². The number of nitrogens with one attached hydrogen (secondary N) is 2. The standard InChI is InChI=1S/C20H22N4O2S/c1-3-21-15-5-4-14(8-12(15)2)18-17-16(19(26)23-11-22-17)20(27-18)24-7-6-13(9-24)10-25/h3-5,8,11,13,21,25H,1,6-7,9-10H2,2H3,(H,22,23,26)/t13-/m0/s1. The summed E-state index contributed by atoms with van der Waals surface area (Å²) in [6, 6.07) is 6.16. The Morgan fingerprint density at radius 2 is 2.37 bits per heavy atom. The van der Waals surface area contributed by atoms with Crippen molar-refractivity contribution in [3.05, 3.63) is 53.2 Å². The summed E-state index contributed by atoms with van der Waals surface area (Å²) in [5, 5.41) is 14.2. The number of aromatic nitrogens is 2. The molecule has 3 heterocycles. The summed E-state index contributed by atoms with van der Waals surface area (Å²) < 4.78 is 0. The summed E-state index contributed by atoms with van der Waals surface area (Å²) >= 11 is 1.60. The molecule has 0 bridgehead atoms. The molecule has 3 aromatic rings. The number of thiophene rings is 1. The van der Waals surface area contributed by atoms with Gasteiger partial charge in [0, 0.05) is 31.3 Å². The number of hydrogen-bond donors (Lipinski definition) is 3. The Bertz CT molecular complexity index is 1060. The maximum atomic E-state index is 12.6. The molecule has 1 aliphatic heterocycles. The summed E-state index contributed by atoms with van der Waals surface area (Å²) in [6.07, 6.45) is 4.06. The van der Waals surface area contributed by atoms with Crippen LogP contribution in [0.3, 0.4) is 0 Å². The molecule has 0 unspecified atom stereocenters. The fourth-order valence-electron chi connectivity index (χ4n) is 3.63. The first-order valence-electron chi connectivity index (χ1n) is 8.96. The minimum atomic E-state index is -0.119. The third kappa shape index (κ3) is 3.13. The molecule has 140 valence electrons. The van der Waals surface area contributed by atoms with Gasteiger partial charge in [0.1, 0.15) is 10.4 Å². The fourth-order valence-corrected chi connectivity index (χ4v) is 4.90. The minimum Gasteiger partial charge on any atom is -0.396 e. The molecule has 1 fully saturated rings. The van der Waals surface area contributed by atoms with Crippen molar-refractivity contribution in [1.29, 1.82) is 0 Å². The first-order valence-corrected chi connectivity index (χ1v) is 9.78. The number of nitrogens with zero attached hydrogens (tertiary/aromatic N) is 2. The molecule has 0 aliphatic carbocycles. The topological polar surface area (TPSA) is 81.2 Å². The lowest BCUT2D eigenvalue weighted by Gasteiger charge is -2.16. The molecule has 1 saturated heterocycles. The van der Waals surface area contributed by atoms with Crippen LogP contribution in [-0.2, 0) is 0 Å². The van der Waals surface area contributed by atoms with E-state index in [1.807, 2.05) is 19.1 Å². The largest absolute Gasteiger partial charge is 0.396 e. The summed E-state index contributed by atoms with van der Waals surface area (Å²) in [6.45, 7) is 7.54. The average molecular weight is 382 g/mol. The molecule has 7 heteroatoms. The molecular formula is C20H22N4O2S. The van der Waals surface area contributed by atoms with Crippen molar-refractivity contribution in [2.45, 2.75) is 13.3 Å². The fraction of sp³-hybridized carbons (Fsp3) is 0.300. The van der Waals surface area contributed by atoms with Gasteiger partial charge in [-0.15, -0.1) is 11.3 Å². The predicted molar refractivity (Wildman–Crippen MR) is 112 cm³/mol. The smallest absolute Gasteiger partial charge is 0.261 e. The highest BCUT2D eigenvalue weighted by Crippen LogP contribution is 2.43. The van der Waals surface area contributed by atoms with Crippen LogP contribution in [0.2, 0.25) is 0 Å². The highest BCUT2D eigenvalue weighted by Gasteiger charge is 2.27. The van der Waals surface area contributed by atoms with E-state index in [1.54, 1.807) is 17.5 Å². The van der Waals surface area contributed by atoms with E-state index in [9.17, 15) is 9.90 Å². The van der Waals surface area contributed by atoms with Crippen molar-refractivity contribution in [3.63, 3.8) is 0 Å². The first kappa shape index (κ1) is 17.8. The van der Waals surface area contributed by atoms with Crippen molar-refractivity contribution in [2.75, 3.05) is 29.9 Å². The Morgan fingerprint density at radius 3 is 3.07 bits per heavy atom. The van der Waals surface area contributed by atoms with E-state index in [1.165, 1.54) is 6.33 Å². The minimum absolute atomic E-state index is 0.119. The van der Waals surface area contributed by atoms with Crippen LogP contribution in [0, 0.1) is 12.8 Å². The van der Waals surface area contributed by atoms with Crippen molar-refractivity contribution >= 4 is 32.9 Å². The molecule has 0 radical (unpaired) electrons. The van der Waals surface area contributed by atoms with Crippen LogP contribution in [0.4, 0.5) is 10.7 Å². The lowest BCUT2D eigenvalue weighted by molar-refractivity contribution is 0.239. The quantitative estimate of drug-likeness (QED) is 0.631. The molecule has 4 rings (SSSR count). The van der Waals surface area contributed by atoms with Gasteiger partial charge in [-0.05, 0) is 42.8 Å². The highest BCUT2D eigenvalue weighted by atomic mass is 32.1. The van der Waals surface area contributed by atoms with Crippen molar-refractivity contribution < 1.29 is 5.11 Å². The van der Waals surface area contributed by atoms with Gasteiger partial charge in [0.05, 0.1) is 16.7 Å². The van der Waals surface area contributed by atoms with Gasteiger partial charge in [0.2, 0.25) is 0 Å². The van der Waals surface area contributed by atoms with Crippen molar-refractivity contribution in [2.24, 2.45) is 5.92 Å². The number of benzene rings is 1. The number of hydrogen-bond acceptors (Lipinski definition) is 6. The molecule has 2 aromatic heterocycles. The lowest BCUT2D eigenvalue weighted by atomic mass is 10.1. The Labute approximate surface area is 161 Å². The van der Waals surface area contributed by atoms with Crippen LogP contribution in [0.15, 0.2) is 42.1 Å². The first-order chi connectivity index (χ1) is 13.1. The zero-order valence-electron chi connectivity index (χ0n) is 15.2. The number of rotatable bonds is 5. The van der Waals surface area contributed by atoms with E-state index in [4.69, 9.17) is 0 Å². The Kier molecular flexibility index (Phi) is 4.72. The molecule has 0 saturated carbocycles. The van der Waals surface area contributed by atoms with E-state index in [2.05, 4.69) is 32.8 Å². The van der Waals surface area contributed by atoms with Gasteiger partial charge in [-0.2, -0.15) is 0 Å². The summed E-state index contributed by atoms with van der Waals surface area (Å²) in [5.74, 6) is 0.257. The average Bonchev–Trinajstić information content (AvgIpc) is 3.28. The van der Waals surface area contributed by atoms with Crippen LogP contribution in [0.1, 0.15) is 12.0 Å². The van der Waals surface area contributed by atoms with Crippen LogP contribution in [0.5, 0.6) is 0 Å². The van der Waals surface area contributed by atoms with Gasteiger partial charge in [0.25, 0.3) is 5.56 Å². The number of aliphatic hydroxyl groups is 1. The summed E-state index contributed by atoms with van der Waals surface area (Å²) in [5.41, 5.74) is 3.76. The van der Waals surface area contributed by atoms with Gasteiger partial charge in [-0.25, -0.2) is 4.98 Å². The SMILES string of the molecule is C=CNc1ccc(-c2sc(N3CC[C@H](CO)C3)c3c(=O)[nH]cnc23)cc1C. The van der Waals surface area contributed by atoms with E-state index in [0.717, 1.165) is 51.7 Å². The van der Waals surface area contributed by atoms with Crippen molar-refractivity contribution in [1.82, 2.24) is 9.97 Å². The zero-order valence-corrected chi connectivity index (χ0v) is 16.0. The maximum Gasteiger partial charge on any atom is 0.261 e.